The fourth-order valence-electron chi connectivity index (χ4n) is 3.78. The lowest BCUT2D eigenvalue weighted by Crippen LogP contribution is -2.55. The highest BCUT2D eigenvalue weighted by Gasteiger charge is 2.31. The van der Waals surface area contributed by atoms with Gasteiger partial charge in [0.25, 0.3) is 0 Å². The number of aryl methyl sites for hydroxylation is 1. The first-order chi connectivity index (χ1) is 11.8. The van der Waals surface area contributed by atoms with Crippen LogP contribution in [-0.2, 0) is 24.2 Å². The summed E-state index contributed by atoms with van der Waals surface area (Å²) in [4.78, 5) is 15.0. The summed E-state index contributed by atoms with van der Waals surface area (Å²) in [6.07, 6.45) is 4.43. The molecule has 6 heteroatoms. The van der Waals surface area contributed by atoms with Crippen LogP contribution in [0.1, 0.15) is 17.8 Å². The number of nitrogens with one attached hydrogen (secondary N) is 1. The van der Waals surface area contributed by atoms with E-state index >= 15 is 0 Å². The number of hydrogen-bond acceptors (Lipinski definition) is 4. The second-order valence-corrected chi connectivity index (χ2v) is 6.76. The van der Waals surface area contributed by atoms with Gasteiger partial charge in [-0.2, -0.15) is 0 Å². The van der Waals surface area contributed by atoms with Gasteiger partial charge in [-0.05, 0) is 18.4 Å². The minimum absolute atomic E-state index is 0.0592. The Morgan fingerprint density at radius 3 is 3.00 bits per heavy atom. The molecule has 4 rings (SSSR count). The normalized spacial score (nSPS) is 23.8. The van der Waals surface area contributed by atoms with Crippen LogP contribution in [0.25, 0.3) is 0 Å². The first kappa shape index (κ1) is 15.3. The SMILES string of the molecule is O=C(C1CCc2nncn2C1)N1CCNC(Cc2ccccc2)C1. The maximum Gasteiger partial charge on any atom is 0.227 e. The first-order valence-corrected chi connectivity index (χ1v) is 8.72. The highest BCUT2D eigenvalue weighted by atomic mass is 16.2. The molecule has 1 aromatic carbocycles. The highest BCUT2D eigenvalue weighted by Crippen LogP contribution is 2.21. The standard InChI is InChI=1S/C18H23N5O/c24-18(15-6-7-17-21-20-13-23(17)11-15)22-9-8-19-16(12-22)10-14-4-2-1-3-5-14/h1-5,13,15-16,19H,6-12H2. The summed E-state index contributed by atoms with van der Waals surface area (Å²) in [7, 11) is 0. The number of aromatic nitrogens is 3. The average molecular weight is 325 g/mol. The van der Waals surface area contributed by atoms with Crippen molar-refractivity contribution in [1.29, 1.82) is 0 Å². The Morgan fingerprint density at radius 2 is 2.12 bits per heavy atom. The minimum atomic E-state index is 0.0592. The lowest BCUT2D eigenvalue weighted by Gasteiger charge is -2.36. The third kappa shape index (κ3) is 3.19. The summed E-state index contributed by atoms with van der Waals surface area (Å²) < 4.78 is 2.02. The van der Waals surface area contributed by atoms with E-state index in [9.17, 15) is 4.79 Å². The van der Waals surface area contributed by atoms with Gasteiger partial charge in [-0.15, -0.1) is 10.2 Å². The molecule has 0 saturated carbocycles. The number of benzene rings is 1. The summed E-state index contributed by atoms with van der Waals surface area (Å²) in [5.41, 5.74) is 1.32. The van der Waals surface area contributed by atoms with Crippen molar-refractivity contribution in [2.45, 2.75) is 31.8 Å². The van der Waals surface area contributed by atoms with Crippen LogP contribution in [-0.4, -0.2) is 51.2 Å². The molecule has 24 heavy (non-hydrogen) atoms. The maximum absolute atomic E-state index is 12.9. The number of carbonyl (C=O) groups excluding carboxylic acids is 1. The first-order valence-electron chi connectivity index (χ1n) is 8.72. The van der Waals surface area contributed by atoms with Crippen molar-refractivity contribution in [3.63, 3.8) is 0 Å². The van der Waals surface area contributed by atoms with Crippen molar-refractivity contribution in [2.75, 3.05) is 19.6 Å². The van der Waals surface area contributed by atoms with Crippen LogP contribution in [0.4, 0.5) is 0 Å². The molecule has 3 heterocycles. The van der Waals surface area contributed by atoms with E-state index in [2.05, 4.69) is 39.8 Å². The smallest absolute Gasteiger partial charge is 0.227 e. The molecule has 1 N–H and O–H groups in total. The van der Waals surface area contributed by atoms with E-state index in [4.69, 9.17) is 0 Å². The molecule has 0 radical (unpaired) electrons. The Kier molecular flexibility index (Phi) is 4.30. The van der Waals surface area contributed by atoms with E-state index in [0.717, 1.165) is 44.7 Å². The maximum atomic E-state index is 12.9. The predicted octanol–water partition coefficient (Wildman–Crippen LogP) is 0.884. The fraction of sp³-hybridized carbons (Fsp3) is 0.500. The largest absolute Gasteiger partial charge is 0.340 e. The molecule has 2 unspecified atom stereocenters. The number of carbonyl (C=O) groups is 1. The molecule has 2 aliphatic heterocycles. The number of fused-ring (bicyclic) bond motifs is 1. The van der Waals surface area contributed by atoms with Crippen molar-refractivity contribution in [3.05, 3.63) is 48.0 Å². The van der Waals surface area contributed by atoms with Gasteiger partial charge in [0.15, 0.2) is 0 Å². The third-order valence-corrected chi connectivity index (χ3v) is 5.07. The van der Waals surface area contributed by atoms with E-state index in [1.165, 1.54) is 5.56 Å². The zero-order valence-corrected chi connectivity index (χ0v) is 13.8. The lowest BCUT2D eigenvalue weighted by molar-refractivity contribution is -0.137. The van der Waals surface area contributed by atoms with Crippen LogP contribution in [0, 0.1) is 5.92 Å². The van der Waals surface area contributed by atoms with Gasteiger partial charge in [-0.1, -0.05) is 30.3 Å². The Hall–Kier alpha value is -2.21. The summed E-state index contributed by atoms with van der Waals surface area (Å²) in [6, 6.07) is 10.8. The summed E-state index contributed by atoms with van der Waals surface area (Å²) in [5.74, 6) is 1.35. The van der Waals surface area contributed by atoms with Crippen molar-refractivity contribution >= 4 is 5.91 Å². The molecular weight excluding hydrogens is 302 g/mol. The van der Waals surface area contributed by atoms with E-state index in [0.29, 0.717) is 12.6 Å². The van der Waals surface area contributed by atoms with E-state index in [1.807, 2.05) is 15.5 Å². The van der Waals surface area contributed by atoms with Gasteiger partial charge in [0, 0.05) is 38.6 Å². The molecule has 6 nitrogen and oxygen atoms in total. The number of hydrogen-bond donors (Lipinski definition) is 1. The van der Waals surface area contributed by atoms with E-state index < -0.39 is 0 Å². The molecular formula is C18H23N5O. The number of amides is 1. The van der Waals surface area contributed by atoms with Crippen LogP contribution in [0.15, 0.2) is 36.7 Å². The minimum Gasteiger partial charge on any atom is -0.340 e. The Bertz CT molecular complexity index is 698. The number of nitrogens with zero attached hydrogens (tertiary/aromatic N) is 4. The van der Waals surface area contributed by atoms with Crippen molar-refractivity contribution in [1.82, 2.24) is 25.0 Å². The summed E-state index contributed by atoms with van der Waals surface area (Å²) >= 11 is 0. The molecule has 0 spiro atoms. The molecule has 1 aromatic heterocycles. The van der Waals surface area contributed by atoms with Gasteiger partial charge in [0.1, 0.15) is 12.2 Å². The van der Waals surface area contributed by atoms with Gasteiger partial charge in [-0.25, -0.2) is 0 Å². The zero-order valence-electron chi connectivity index (χ0n) is 13.8. The van der Waals surface area contributed by atoms with Gasteiger partial charge in [0.2, 0.25) is 5.91 Å². The predicted molar refractivity (Wildman–Crippen MR) is 90.3 cm³/mol. The monoisotopic (exact) mass is 325 g/mol. The third-order valence-electron chi connectivity index (χ3n) is 5.07. The molecule has 1 amide bonds. The molecule has 0 aliphatic carbocycles. The quantitative estimate of drug-likeness (QED) is 0.910. The molecule has 1 saturated heterocycles. The number of piperazine rings is 1. The second-order valence-electron chi connectivity index (χ2n) is 6.76. The molecule has 2 aliphatic rings. The Balaban J connectivity index is 1.38. The molecule has 126 valence electrons. The highest BCUT2D eigenvalue weighted by molar-refractivity contribution is 5.79. The average Bonchev–Trinajstić information content (AvgIpc) is 3.10. The van der Waals surface area contributed by atoms with Crippen LogP contribution >= 0.6 is 0 Å². The van der Waals surface area contributed by atoms with Crippen molar-refractivity contribution in [2.24, 2.45) is 5.92 Å². The van der Waals surface area contributed by atoms with Crippen molar-refractivity contribution in [3.8, 4) is 0 Å². The molecule has 2 aromatic rings. The van der Waals surface area contributed by atoms with Gasteiger partial charge < -0.3 is 14.8 Å². The van der Waals surface area contributed by atoms with Crippen LogP contribution in [0.5, 0.6) is 0 Å². The fourth-order valence-corrected chi connectivity index (χ4v) is 3.78. The zero-order chi connectivity index (χ0) is 16.4. The Labute approximate surface area is 141 Å². The summed E-state index contributed by atoms with van der Waals surface area (Å²) in [5, 5.41) is 11.6. The van der Waals surface area contributed by atoms with Crippen LogP contribution in [0.3, 0.4) is 0 Å². The van der Waals surface area contributed by atoms with E-state index in [-0.39, 0.29) is 11.8 Å². The Morgan fingerprint density at radius 1 is 1.25 bits per heavy atom. The molecule has 2 atom stereocenters. The van der Waals surface area contributed by atoms with Crippen molar-refractivity contribution < 1.29 is 4.79 Å². The van der Waals surface area contributed by atoms with Gasteiger partial charge >= 0.3 is 0 Å². The number of rotatable bonds is 3. The molecule has 1 fully saturated rings. The van der Waals surface area contributed by atoms with Gasteiger partial charge in [-0.3, -0.25) is 4.79 Å². The van der Waals surface area contributed by atoms with Gasteiger partial charge in [0.05, 0.1) is 5.92 Å². The summed E-state index contributed by atoms with van der Waals surface area (Å²) in [6.45, 7) is 3.18. The van der Waals surface area contributed by atoms with Crippen LogP contribution in [0.2, 0.25) is 0 Å². The van der Waals surface area contributed by atoms with E-state index in [1.54, 1.807) is 6.33 Å². The second kappa shape index (κ2) is 6.73. The molecule has 0 bridgehead atoms. The lowest BCUT2D eigenvalue weighted by atomic mass is 9.96. The topological polar surface area (TPSA) is 63.1 Å². The van der Waals surface area contributed by atoms with Crippen LogP contribution < -0.4 is 5.32 Å².